The summed E-state index contributed by atoms with van der Waals surface area (Å²) < 4.78 is 7.76. The number of carbonyl (C=O) groups excluding carboxylic acids is 1. The molecule has 2 aliphatic heterocycles. The number of nitrogens with zero attached hydrogens (tertiary/aromatic N) is 6. The lowest BCUT2D eigenvalue weighted by molar-refractivity contribution is -0.152. The van der Waals surface area contributed by atoms with Gasteiger partial charge in [0.25, 0.3) is 0 Å². The summed E-state index contributed by atoms with van der Waals surface area (Å²) in [6.07, 6.45) is 7.91. The highest BCUT2D eigenvalue weighted by Gasteiger charge is 2.45. The molecule has 2 aromatic carbocycles. The Labute approximate surface area is 269 Å². The first-order chi connectivity index (χ1) is 21.8. The highest BCUT2D eigenvalue weighted by Crippen LogP contribution is 2.42. The number of anilines is 1. The van der Waals surface area contributed by atoms with Crippen LogP contribution in [0.5, 0.6) is 0 Å². The van der Waals surface area contributed by atoms with Gasteiger partial charge in [-0.3, -0.25) is 9.69 Å². The van der Waals surface area contributed by atoms with Gasteiger partial charge in [-0.25, -0.2) is 0 Å². The van der Waals surface area contributed by atoms with Crippen molar-refractivity contribution in [3.63, 3.8) is 0 Å². The molecule has 3 aromatic rings. The average molecular weight is 617 g/mol. The van der Waals surface area contributed by atoms with Crippen LogP contribution >= 0.6 is 0 Å². The Morgan fingerprint density at radius 3 is 2.36 bits per heavy atom. The van der Waals surface area contributed by atoms with Crippen molar-refractivity contribution in [1.29, 1.82) is 0 Å². The molecule has 0 spiro atoms. The molecule has 1 saturated heterocycles. The summed E-state index contributed by atoms with van der Waals surface area (Å²) in [4.78, 5) is 19.6. The number of rotatable bonds is 10. The average Bonchev–Trinajstić information content (AvgIpc) is 3.68. The highest BCUT2D eigenvalue weighted by atomic mass is 16.5. The molecule has 2 fully saturated rings. The Balaban J connectivity index is 0.000000180. The molecule has 1 atom stereocenters. The second kappa shape index (κ2) is 15.8. The van der Waals surface area contributed by atoms with Crippen LogP contribution in [0.25, 0.3) is 0 Å². The Morgan fingerprint density at radius 1 is 0.933 bits per heavy atom. The van der Waals surface area contributed by atoms with Gasteiger partial charge in [-0.2, -0.15) is 0 Å². The Kier molecular flexibility index (Phi) is 11.6. The van der Waals surface area contributed by atoms with Gasteiger partial charge in [0.15, 0.2) is 0 Å². The molecule has 6 rings (SSSR count). The smallest absolute Gasteiger partial charge is 0.316 e. The lowest BCUT2D eigenvalue weighted by atomic mass is 9.81. The zero-order valence-electron chi connectivity index (χ0n) is 27.5. The number of aromatic nitrogens is 3. The van der Waals surface area contributed by atoms with Crippen LogP contribution in [0, 0.1) is 6.92 Å². The van der Waals surface area contributed by atoms with E-state index in [-0.39, 0.29) is 5.97 Å². The molecule has 9 heteroatoms. The number of fused-ring (bicyclic) bond motifs is 1. The van der Waals surface area contributed by atoms with E-state index < -0.39 is 11.5 Å². The summed E-state index contributed by atoms with van der Waals surface area (Å²) in [6, 6.07) is 18.2. The van der Waals surface area contributed by atoms with Crippen LogP contribution in [0.4, 0.5) is 5.69 Å². The molecule has 1 aliphatic carbocycles. The molecular formula is C36H52N6O3. The molecule has 244 valence electrons. The number of hydrogen-bond acceptors (Lipinski definition) is 8. The van der Waals surface area contributed by atoms with Gasteiger partial charge in [-0.15, -0.1) is 10.2 Å². The second-order valence-electron chi connectivity index (χ2n) is 13.1. The molecule has 45 heavy (non-hydrogen) atoms. The number of aliphatic hydroxyl groups is 1. The first kappa shape index (κ1) is 33.1. The van der Waals surface area contributed by atoms with E-state index in [4.69, 9.17) is 4.74 Å². The van der Waals surface area contributed by atoms with Crippen molar-refractivity contribution in [2.45, 2.75) is 76.4 Å². The Bertz CT molecular complexity index is 1350. The fourth-order valence-electron chi connectivity index (χ4n) is 6.94. The predicted octanol–water partition coefficient (Wildman–Crippen LogP) is 4.47. The van der Waals surface area contributed by atoms with Crippen LogP contribution in [0.2, 0.25) is 0 Å². The number of aryl methyl sites for hydroxylation is 2. The number of para-hydroxylation sites is 1. The van der Waals surface area contributed by atoms with Crippen molar-refractivity contribution in [2.24, 2.45) is 0 Å². The minimum Gasteiger partial charge on any atom is -0.464 e. The zero-order chi connectivity index (χ0) is 31.6. The Hall–Kier alpha value is -3.27. The van der Waals surface area contributed by atoms with Gasteiger partial charge >= 0.3 is 5.97 Å². The summed E-state index contributed by atoms with van der Waals surface area (Å²) in [5, 5.41) is 19.7. The lowest BCUT2D eigenvalue weighted by Crippen LogP contribution is -2.47. The van der Waals surface area contributed by atoms with E-state index >= 15 is 0 Å². The van der Waals surface area contributed by atoms with E-state index in [2.05, 4.69) is 55.8 Å². The number of piperazine rings is 1. The molecule has 0 radical (unpaired) electrons. The number of ether oxygens (including phenoxy) is 1. The van der Waals surface area contributed by atoms with Gasteiger partial charge < -0.3 is 24.2 Å². The fourth-order valence-corrected chi connectivity index (χ4v) is 6.94. The van der Waals surface area contributed by atoms with E-state index in [0.29, 0.717) is 26.0 Å². The van der Waals surface area contributed by atoms with Crippen molar-refractivity contribution in [3.05, 3.63) is 77.4 Å². The normalized spacial score (nSPS) is 18.6. The molecular weight excluding hydrogens is 564 g/mol. The maximum atomic E-state index is 12.5. The molecule has 1 unspecified atom stereocenters. The van der Waals surface area contributed by atoms with Gasteiger partial charge in [0.2, 0.25) is 0 Å². The second-order valence-corrected chi connectivity index (χ2v) is 13.1. The van der Waals surface area contributed by atoms with Crippen molar-refractivity contribution < 1.29 is 14.6 Å². The van der Waals surface area contributed by atoms with E-state index in [1.807, 2.05) is 49.3 Å². The minimum absolute atomic E-state index is 0.313. The van der Waals surface area contributed by atoms with Gasteiger partial charge in [-0.1, -0.05) is 61.4 Å². The van der Waals surface area contributed by atoms with Gasteiger partial charge in [0, 0.05) is 64.3 Å². The first-order valence-corrected chi connectivity index (χ1v) is 16.9. The monoisotopic (exact) mass is 616 g/mol. The third-order valence-corrected chi connectivity index (χ3v) is 9.57. The molecule has 3 aliphatic rings. The largest absolute Gasteiger partial charge is 0.464 e. The fraction of sp³-hybridized carbons (Fsp3) is 0.583. The van der Waals surface area contributed by atoms with Crippen LogP contribution in [-0.2, 0) is 28.9 Å². The first-order valence-electron chi connectivity index (χ1n) is 16.9. The third-order valence-electron chi connectivity index (χ3n) is 9.57. The van der Waals surface area contributed by atoms with E-state index in [0.717, 1.165) is 70.5 Å². The SMILES string of the molecule is CN(C)CCOC(=O)C(c1ccccc1)C1(O)CCCC1.Cc1ccccc1N1CCN(CCc2nnc3n2CCCC3)CC1. The topological polar surface area (TPSA) is 87.0 Å². The van der Waals surface area contributed by atoms with Crippen LogP contribution in [0.15, 0.2) is 54.6 Å². The molecule has 1 N–H and O–H groups in total. The summed E-state index contributed by atoms with van der Waals surface area (Å²) in [5.74, 6) is 1.49. The number of esters is 1. The number of carbonyl (C=O) groups is 1. The summed E-state index contributed by atoms with van der Waals surface area (Å²) in [7, 11) is 3.88. The van der Waals surface area contributed by atoms with Gasteiger partial charge in [0.1, 0.15) is 24.2 Å². The van der Waals surface area contributed by atoms with Crippen LogP contribution in [0.3, 0.4) is 0 Å². The predicted molar refractivity (Wildman–Crippen MR) is 179 cm³/mol. The van der Waals surface area contributed by atoms with Crippen LogP contribution < -0.4 is 4.90 Å². The highest BCUT2D eigenvalue weighted by molar-refractivity contribution is 5.80. The van der Waals surface area contributed by atoms with Crippen molar-refractivity contribution in [2.75, 3.05) is 64.9 Å². The third kappa shape index (κ3) is 8.71. The van der Waals surface area contributed by atoms with Crippen LogP contribution in [0.1, 0.15) is 67.2 Å². The lowest BCUT2D eigenvalue weighted by Gasteiger charge is -2.36. The molecule has 1 aromatic heterocycles. The standard InChI is InChI=1S/C19H27N5.C17H25NO3/c1-16-6-2-3-7-17(16)23-14-12-22(13-15-23)11-9-19-21-20-18-8-4-5-10-24(18)19;1-18(2)12-13-21-16(19)15(14-8-4-3-5-9-14)17(20)10-6-7-11-17/h2-3,6-7H,4-5,8-15H2,1H3;3-5,8-9,15,20H,6-7,10-13H2,1-2H3. The van der Waals surface area contributed by atoms with Gasteiger partial charge in [0.05, 0.1) is 5.60 Å². The van der Waals surface area contributed by atoms with Crippen LogP contribution in [-0.4, -0.2) is 101 Å². The Morgan fingerprint density at radius 2 is 1.64 bits per heavy atom. The molecule has 9 nitrogen and oxygen atoms in total. The maximum Gasteiger partial charge on any atom is 0.316 e. The maximum absolute atomic E-state index is 12.5. The summed E-state index contributed by atoms with van der Waals surface area (Å²) in [6.45, 7) is 9.95. The van der Waals surface area contributed by atoms with Crippen molar-refractivity contribution in [3.8, 4) is 0 Å². The minimum atomic E-state index is -0.962. The van der Waals surface area contributed by atoms with Gasteiger partial charge in [-0.05, 0) is 63.9 Å². The van der Waals surface area contributed by atoms with E-state index in [1.165, 1.54) is 35.7 Å². The molecule has 3 heterocycles. The summed E-state index contributed by atoms with van der Waals surface area (Å²) >= 11 is 0. The number of likely N-dealkylation sites (N-methyl/N-ethyl adjacent to an activating group) is 1. The molecule has 1 saturated carbocycles. The molecule has 0 amide bonds. The van der Waals surface area contributed by atoms with Crippen molar-refractivity contribution >= 4 is 11.7 Å². The number of benzene rings is 2. The summed E-state index contributed by atoms with van der Waals surface area (Å²) in [5.41, 5.74) is 2.65. The number of hydrogen-bond donors (Lipinski definition) is 1. The quantitative estimate of drug-likeness (QED) is 0.334. The van der Waals surface area contributed by atoms with Crippen molar-refractivity contribution in [1.82, 2.24) is 24.6 Å². The zero-order valence-corrected chi connectivity index (χ0v) is 27.5. The van der Waals surface area contributed by atoms with E-state index in [1.54, 1.807) is 0 Å². The van der Waals surface area contributed by atoms with E-state index in [9.17, 15) is 9.90 Å². The molecule has 0 bridgehead atoms.